The molecule has 30 heavy (non-hydrogen) atoms. The molecule has 0 unspecified atom stereocenters. The molecule has 0 atom stereocenters. The Bertz CT molecular complexity index is 1110. The van der Waals surface area contributed by atoms with Gasteiger partial charge in [-0.05, 0) is 37.6 Å². The van der Waals surface area contributed by atoms with Crippen molar-refractivity contribution >= 4 is 39.9 Å². The summed E-state index contributed by atoms with van der Waals surface area (Å²) in [5, 5.41) is 9.78. The Balaban J connectivity index is 1.98. The van der Waals surface area contributed by atoms with Gasteiger partial charge in [-0.15, -0.1) is 0 Å². The minimum absolute atomic E-state index is 0.177. The molecule has 0 spiro atoms. The van der Waals surface area contributed by atoms with Crippen LogP contribution in [0.5, 0.6) is 5.75 Å². The topological polar surface area (TPSA) is 58.9 Å². The number of hydrogen-bond acceptors (Lipinski definition) is 4. The smallest absolute Gasteiger partial charge is 0.164 e. The van der Waals surface area contributed by atoms with Crippen molar-refractivity contribution in [2.75, 3.05) is 0 Å². The Hall–Kier alpha value is -3.34. The highest BCUT2D eigenvalue weighted by Gasteiger charge is 2.15. The van der Waals surface area contributed by atoms with Crippen LogP contribution in [0.2, 0.25) is 0 Å². The highest BCUT2D eigenvalue weighted by atomic mass is 16.3. The summed E-state index contributed by atoms with van der Waals surface area (Å²) in [6.45, 7) is 3.86. The van der Waals surface area contributed by atoms with Crippen molar-refractivity contribution in [1.82, 2.24) is 15.0 Å². The predicted molar refractivity (Wildman–Crippen MR) is 123 cm³/mol. The molecule has 0 saturated carbocycles. The third-order valence-corrected chi connectivity index (χ3v) is 4.85. The normalized spacial score (nSPS) is 10.9. The van der Waals surface area contributed by atoms with Gasteiger partial charge in [0.05, 0.1) is 0 Å². The van der Waals surface area contributed by atoms with Gasteiger partial charge in [-0.3, -0.25) is 0 Å². The number of nitrogens with zero attached hydrogens (tertiary/aromatic N) is 3. The number of aromatic hydroxyl groups is 1. The van der Waals surface area contributed by atoms with E-state index < -0.39 is 0 Å². The van der Waals surface area contributed by atoms with Gasteiger partial charge in [-0.25, -0.2) is 15.0 Å². The first-order chi connectivity index (χ1) is 14.3. The van der Waals surface area contributed by atoms with Crippen molar-refractivity contribution in [3.05, 3.63) is 65.7 Å². The summed E-state index contributed by atoms with van der Waals surface area (Å²) in [5.74, 6) is 1.50. The van der Waals surface area contributed by atoms with E-state index in [4.69, 9.17) is 23.5 Å². The first-order valence-corrected chi connectivity index (χ1v) is 9.40. The van der Waals surface area contributed by atoms with Crippen LogP contribution in [0.3, 0.4) is 0 Å². The van der Waals surface area contributed by atoms with Crippen molar-refractivity contribution in [2.45, 2.75) is 13.8 Å². The fourth-order valence-corrected chi connectivity index (χ4v) is 3.31. The van der Waals surface area contributed by atoms with Crippen molar-refractivity contribution in [3.63, 3.8) is 0 Å². The molecule has 0 saturated heterocycles. The minimum Gasteiger partial charge on any atom is -0.508 e. The molecule has 0 aliphatic carbocycles. The molecule has 7 heteroatoms. The zero-order valence-electron chi connectivity index (χ0n) is 16.7. The van der Waals surface area contributed by atoms with Crippen LogP contribution in [0.15, 0.2) is 54.6 Å². The van der Waals surface area contributed by atoms with Gasteiger partial charge in [0, 0.05) is 16.7 Å². The molecule has 0 aliphatic rings. The van der Waals surface area contributed by atoms with Gasteiger partial charge in [-0.2, -0.15) is 0 Å². The van der Waals surface area contributed by atoms with E-state index in [2.05, 4.69) is 15.0 Å². The van der Waals surface area contributed by atoms with Crippen LogP contribution in [0, 0.1) is 13.8 Å². The second-order valence-electron chi connectivity index (χ2n) is 7.24. The van der Waals surface area contributed by atoms with Crippen molar-refractivity contribution in [1.29, 1.82) is 0 Å². The Morgan fingerprint density at radius 1 is 0.633 bits per heavy atom. The van der Waals surface area contributed by atoms with Gasteiger partial charge in [0.1, 0.15) is 29.3 Å². The van der Waals surface area contributed by atoms with Crippen molar-refractivity contribution < 1.29 is 5.11 Å². The molecular formula is C23H16B3N3O. The number of benzene rings is 3. The second kappa shape index (κ2) is 7.83. The zero-order chi connectivity index (χ0) is 21.4. The number of hydrogen-bond donors (Lipinski definition) is 1. The van der Waals surface area contributed by atoms with Crippen LogP contribution in [-0.4, -0.2) is 43.6 Å². The van der Waals surface area contributed by atoms with Crippen LogP contribution >= 0.6 is 0 Å². The SMILES string of the molecule is [B]c1ccc(-c2nc(-c3ccc(C)cc3[B])nc(-c3ccc(O)cc3C)n2)c([B])c1. The van der Waals surface area contributed by atoms with E-state index in [-0.39, 0.29) is 5.75 Å². The highest BCUT2D eigenvalue weighted by molar-refractivity contribution is 6.40. The Labute approximate surface area is 179 Å². The Kier molecular flexibility index (Phi) is 5.21. The number of aromatic nitrogens is 3. The molecule has 0 aliphatic heterocycles. The summed E-state index contributed by atoms with van der Waals surface area (Å²) in [4.78, 5) is 14.0. The summed E-state index contributed by atoms with van der Waals surface area (Å²) in [6.07, 6.45) is 0. The van der Waals surface area contributed by atoms with Gasteiger partial charge in [0.15, 0.2) is 17.5 Å². The maximum atomic E-state index is 9.78. The molecule has 6 radical (unpaired) electrons. The standard InChI is InChI=1S/C23H16B3N3O/c1-12-3-6-17(19(25)9-12)22-27-21(16-8-5-15(30)10-13(16)2)28-23(29-22)18-7-4-14(24)11-20(18)26/h3-11,30H,1-2H3. The monoisotopic (exact) mass is 383 g/mol. The molecule has 1 aromatic heterocycles. The lowest BCUT2D eigenvalue weighted by Crippen LogP contribution is -2.17. The van der Waals surface area contributed by atoms with Crippen LogP contribution in [0.1, 0.15) is 11.1 Å². The highest BCUT2D eigenvalue weighted by Crippen LogP contribution is 2.27. The average Bonchev–Trinajstić information content (AvgIpc) is 2.67. The summed E-state index contributed by atoms with van der Waals surface area (Å²) in [6, 6.07) is 16.0. The third kappa shape index (κ3) is 3.88. The molecule has 4 nitrogen and oxygen atoms in total. The molecule has 4 aromatic rings. The van der Waals surface area contributed by atoms with Gasteiger partial charge >= 0.3 is 0 Å². The van der Waals surface area contributed by atoms with E-state index in [0.29, 0.717) is 45.0 Å². The van der Waals surface area contributed by atoms with Crippen LogP contribution in [0.25, 0.3) is 34.2 Å². The van der Waals surface area contributed by atoms with Crippen LogP contribution < -0.4 is 16.4 Å². The number of phenolic OH excluding ortho intramolecular Hbond substituents is 1. The molecule has 0 fully saturated rings. The quantitative estimate of drug-likeness (QED) is 0.546. The number of rotatable bonds is 3. The summed E-state index contributed by atoms with van der Waals surface area (Å²) < 4.78 is 0. The predicted octanol–water partition coefficient (Wildman–Crippen LogP) is 1.58. The van der Waals surface area contributed by atoms with E-state index in [1.807, 2.05) is 32.0 Å². The summed E-state index contributed by atoms with van der Waals surface area (Å²) in [5.41, 5.74) is 5.61. The molecule has 3 aromatic carbocycles. The van der Waals surface area contributed by atoms with E-state index in [0.717, 1.165) is 16.7 Å². The lowest BCUT2D eigenvalue weighted by atomic mass is 9.83. The lowest BCUT2D eigenvalue weighted by Gasteiger charge is -2.13. The second-order valence-corrected chi connectivity index (χ2v) is 7.24. The van der Waals surface area contributed by atoms with Gasteiger partial charge in [-0.1, -0.05) is 58.4 Å². The summed E-state index contributed by atoms with van der Waals surface area (Å²) in [7, 11) is 18.3. The minimum atomic E-state index is 0.177. The van der Waals surface area contributed by atoms with E-state index >= 15 is 0 Å². The Morgan fingerprint density at radius 3 is 1.73 bits per heavy atom. The Morgan fingerprint density at radius 2 is 1.17 bits per heavy atom. The molecule has 4 rings (SSSR count). The summed E-state index contributed by atoms with van der Waals surface area (Å²) >= 11 is 0. The van der Waals surface area contributed by atoms with E-state index in [1.165, 1.54) is 0 Å². The maximum absolute atomic E-state index is 9.78. The first kappa shape index (κ1) is 20.0. The third-order valence-electron chi connectivity index (χ3n) is 4.85. The fourth-order valence-electron chi connectivity index (χ4n) is 3.31. The van der Waals surface area contributed by atoms with Crippen molar-refractivity contribution in [2.24, 2.45) is 0 Å². The van der Waals surface area contributed by atoms with Gasteiger partial charge in [0.2, 0.25) is 0 Å². The molecule has 1 N–H and O–H groups in total. The number of phenols is 1. The molecule has 1 heterocycles. The first-order valence-electron chi connectivity index (χ1n) is 9.40. The average molecular weight is 383 g/mol. The largest absolute Gasteiger partial charge is 0.508 e. The molecule has 0 amide bonds. The van der Waals surface area contributed by atoms with Crippen LogP contribution in [-0.2, 0) is 0 Å². The zero-order valence-corrected chi connectivity index (χ0v) is 16.7. The van der Waals surface area contributed by atoms with E-state index in [9.17, 15) is 5.11 Å². The molecular weight excluding hydrogens is 367 g/mol. The van der Waals surface area contributed by atoms with Crippen molar-refractivity contribution in [3.8, 4) is 39.9 Å². The molecule has 0 bridgehead atoms. The molecule has 138 valence electrons. The van der Waals surface area contributed by atoms with Gasteiger partial charge in [0.25, 0.3) is 0 Å². The number of aryl methyl sites for hydroxylation is 2. The van der Waals surface area contributed by atoms with Gasteiger partial charge < -0.3 is 5.11 Å². The lowest BCUT2D eigenvalue weighted by molar-refractivity contribution is 0.475. The van der Waals surface area contributed by atoms with E-state index in [1.54, 1.807) is 36.4 Å². The van der Waals surface area contributed by atoms with Crippen LogP contribution in [0.4, 0.5) is 0 Å². The fraction of sp³-hybridized carbons (Fsp3) is 0.0870. The maximum Gasteiger partial charge on any atom is 0.164 e.